The molecule has 0 unspecified atom stereocenters. The lowest BCUT2D eigenvalue weighted by molar-refractivity contribution is 1.16. The number of thioether (sulfide) groups is 1. The second-order valence-corrected chi connectivity index (χ2v) is 5.29. The molecule has 2 aromatic rings. The Balaban J connectivity index is 1.87. The highest BCUT2D eigenvalue weighted by Crippen LogP contribution is 2.21. The first-order chi connectivity index (χ1) is 7.84. The van der Waals surface area contributed by atoms with E-state index in [1.54, 1.807) is 23.1 Å². The van der Waals surface area contributed by atoms with Crippen LogP contribution in [-0.2, 0) is 0 Å². The van der Waals surface area contributed by atoms with Gasteiger partial charge in [0.15, 0.2) is 4.34 Å². The van der Waals surface area contributed by atoms with Gasteiger partial charge in [-0.2, -0.15) is 0 Å². The number of rotatable bonds is 2. The smallest absolute Gasteiger partial charge is 0.151 e. The van der Waals surface area contributed by atoms with Crippen molar-refractivity contribution in [2.24, 2.45) is 0 Å². The molecule has 0 atom stereocenters. The molecule has 1 aromatic carbocycles. The zero-order chi connectivity index (χ0) is 11.2. The van der Waals surface area contributed by atoms with Crippen LogP contribution < -0.4 is 0 Å². The third kappa shape index (κ3) is 3.41. The van der Waals surface area contributed by atoms with Crippen molar-refractivity contribution < 1.29 is 0 Å². The fraction of sp³-hybridized carbons (Fsp3) is 0.154. The molecule has 3 heteroatoms. The molecule has 1 heterocycles. The van der Waals surface area contributed by atoms with Crippen LogP contribution in [0.15, 0.2) is 40.1 Å². The molecule has 80 valence electrons. The fourth-order valence-corrected chi connectivity index (χ4v) is 2.75. The second kappa shape index (κ2) is 5.74. The Morgan fingerprint density at radius 2 is 2.12 bits per heavy atom. The Hall–Kier alpha value is -1.24. The van der Waals surface area contributed by atoms with E-state index in [0.29, 0.717) is 0 Å². The summed E-state index contributed by atoms with van der Waals surface area (Å²) < 4.78 is 1.10. The molecular formula is C13H11NS2. The van der Waals surface area contributed by atoms with Crippen LogP contribution >= 0.6 is 23.1 Å². The summed E-state index contributed by atoms with van der Waals surface area (Å²) in [5, 5.41) is 2.06. The average Bonchev–Trinajstić information content (AvgIpc) is 2.72. The molecule has 0 aliphatic carbocycles. The van der Waals surface area contributed by atoms with Crippen molar-refractivity contribution >= 4 is 23.1 Å². The predicted octanol–water partition coefficient (Wildman–Crippen LogP) is 3.60. The van der Waals surface area contributed by atoms with Crippen LogP contribution in [0.1, 0.15) is 11.3 Å². The summed E-state index contributed by atoms with van der Waals surface area (Å²) in [4.78, 5) is 4.37. The molecule has 0 fully saturated rings. The highest BCUT2D eigenvalue weighted by molar-refractivity contribution is 8.01. The third-order valence-electron chi connectivity index (χ3n) is 1.87. The summed E-state index contributed by atoms with van der Waals surface area (Å²) >= 11 is 3.37. The zero-order valence-electron chi connectivity index (χ0n) is 8.93. The largest absolute Gasteiger partial charge is 0.235 e. The van der Waals surface area contributed by atoms with Gasteiger partial charge in [0.1, 0.15) is 0 Å². The quantitative estimate of drug-likeness (QED) is 0.592. The normalized spacial score (nSPS) is 9.56. The van der Waals surface area contributed by atoms with Gasteiger partial charge >= 0.3 is 0 Å². The van der Waals surface area contributed by atoms with Gasteiger partial charge in [-0.3, -0.25) is 0 Å². The van der Waals surface area contributed by atoms with Crippen molar-refractivity contribution in [3.63, 3.8) is 0 Å². The highest BCUT2D eigenvalue weighted by Gasteiger charge is 1.96. The van der Waals surface area contributed by atoms with Crippen LogP contribution in [0.2, 0.25) is 0 Å². The molecule has 16 heavy (non-hydrogen) atoms. The molecule has 2 rings (SSSR count). The molecule has 0 saturated heterocycles. The fourth-order valence-electron chi connectivity index (χ4n) is 1.16. The van der Waals surface area contributed by atoms with Crippen LogP contribution in [-0.4, -0.2) is 10.7 Å². The molecule has 0 amide bonds. The summed E-state index contributed by atoms with van der Waals surface area (Å²) in [6.07, 6.45) is 0. The van der Waals surface area contributed by atoms with Gasteiger partial charge in [-0.25, -0.2) is 4.98 Å². The number of nitrogens with zero attached hydrogens (tertiary/aromatic N) is 1. The van der Waals surface area contributed by atoms with Crippen molar-refractivity contribution in [2.45, 2.75) is 11.3 Å². The Bertz CT molecular complexity index is 505. The Kier molecular flexibility index (Phi) is 4.03. The molecule has 0 aliphatic heterocycles. The minimum atomic E-state index is 0.793. The van der Waals surface area contributed by atoms with Gasteiger partial charge in [-0.15, -0.1) is 11.3 Å². The summed E-state index contributed by atoms with van der Waals surface area (Å²) in [5.41, 5.74) is 2.15. The lowest BCUT2D eigenvalue weighted by atomic mass is 10.2. The molecule has 0 saturated carbocycles. The standard InChI is InChI=1S/C13H11NS2/c1-11-10-16-13(14-11)15-9-5-8-12-6-3-2-4-7-12/h2-4,6-7,10H,9H2,1H3. The van der Waals surface area contributed by atoms with Gasteiger partial charge in [0.25, 0.3) is 0 Å². The van der Waals surface area contributed by atoms with Crippen molar-refractivity contribution in [3.8, 4) is 11.8 Å². The molecule has 0 aliphatic rings. The first kappa shape index (κ1) is 11.3. The number of hydrogen-bond acceptors (Lipinski definition) is 3. The summed E-state index contributed by atoms with van der Waals surface area (Å²) in [6.45, 7) is 2.01. The van der Waals surface area contributed by atoms with Crippen LogP contribution in [0.3, 0.4) is 0 Å². The van der Waals surface area contributed by atoms with E-state index in [1.165, 1.54) is 0 Å². The minimum Gasteiger partial charge on any atom is -0.235 e. The Labute approximate surface area is 104 Å². The third-order valence-corrected chi connectivity index (χ3v) is 3.89. The van der Waals surface area contributed by atoms with Gasteiger partial charge in [0, 0.05) is 16.6 Å². The molecule has 0 bridgehead atoms. The van der Waals surface area contributed by atoms with Crippen molar-refractivity contribution in [3.05, 3.63) is 47.0 Å². The minimum absolute atomic E-state index is 0.793. The van der Waals surface area contributed by atoms with Gasteiger partial charge in [0.2, 0.25) is 0 Å². The average molecular weight is 245 g/mol. The Morgan fingerprint density at radius 3 is 2.81 bits per heavy atom. The van der Waals surface area contributed by atoms with Crippen molar-refractivity contribution in [1.82, 2.24) is 4.98 Å². The first-order valence-electron chi connectivity index (χ1n) is 4.93. The summed E-state index contributed by atoms with van der Waals surface area (Å²) in [5.74, 6) is 7.06. The number of aryl methyl sites for hydroxylation is 1. The van der Waals surface area contributed by atoms with E-state index in [1.807, 2.05) is 37.3 Å². The molecule has 1 nitrogen and oxygen atoms in total. The maximum atomic E-state index is 4.37. The van der Waals surface area contributed by atoms with Crippen LogP contribution in [0.5, 0.6) is 0 Å². The van der Waals surface area contributed by atoms with E-state index in [0.717, 1.165) is 21.3 Å². The van der Waals surface area contributed by atoms with E-state index in [2.05, 4.69) is 22.2 Å². The topological polar surface area (TPSA) is 12.9 Å². The highest BCUT2D eigenvalue weighted by atomic mass is 32.2. The summed E-state index contributed by atoms with van der Waals surface area (Å²) in [7, 11) is 0. The first-order valence-corrected chi connectivity index (χ1v) is 6.80. The number of hydrogen-bond donors (Lipinski definition) is 0. The van der Waals surface area contributed by atoms with E-state index in [4.69, 9.17) is 0 Å². The van der Waals surface area contributed by atoms with Gasteiger partial charge in [0.05, 0.1) is 5.75 Å². The van der Waals surface area contributed by atoms with Crippen LogP contribution in [0.25, 0.3) is 0 Å². The lowest BCUT2D eigenvalue weighted by Gasteiger charge is -1.88. The molecule has 0 spiro atoms. The van der Waals surface area contributed by atoms with Crippen molar-refractivity contribution in [1.29, 1.82) is 0 Å². The maximum absolute atomic E-state index is 4.37. The number of benzene rings is 1. The monoisotopic (exact) mass is 245 g/mol. The van der Waals surface area contributed by atoms with Crippen molar-refractivity contribution in [2.75, 3.05) is 5.75 Å². The SMILES string of the molecule is Cc1csc(SCC#Cc2ccccc2)n1. The maximum Gasteiger partial charge on any atom is 0.151 e. The molecule has 0 N–H and O–H groups in total. The summed E-state index contributed by atoms with van der Waals surface area (Å²) in [6, 6.07) is 10.0. The van der Waals surface area contributed by atoms with E-state index in [-0.39, 0.29) is 0 Å². The van der Waals surface area contributed by atoms with Gasteiger partial charge < -0.3 is 0 Å². The Morgan fingerprint density at radius 1 is 1.31 bits per heavy atom. The van der Waals surface area contributed by atoms with Gasteiger partial charge in [-0.05, 0) is 19.1 Å². The van der Waals surface area contributed by atoms with E-state index < -0.39 is 0 Å². The van der Waals surface area contributed by atoms with E-state index in [9.17, 15) is 0 Å². The number of aromatic nitrogens is 1. The lowest BCUT2D eigenvalue weighted by Crippen LogP contribution is -1.75. The van der Waals surface area contributed by atoms with Crippen LogP contribution in [0, 0.1) is 18.8 Å². The molecule has 0 radical (unpaired) electrons. The second-order valence-electron chi connectivity index (χ2n) is 3.21. The number of thiazole rings is 1. The molecule has 1 aromatic heterocycles. The zero-order valence-corrected chi connectivity index (χ0v) is 10.6. The molecular weight excluding hydrogens is 234 g/mol. The predicted molar refractivity (Wildman–Crippen MR) is 70.9 cm³/mol. The van der Waals surface area contributed by atoms with E-state index >= 15 is 0 Å². The van der Waals surface area contributed by atoms with Gasteiger partial charge in [-0.1, -0.05) is 41.8 Å². The van der Waals surface area contributed by atoms with Crippen LogP contribution in [0.4, 0.5) is 0 Å².